The summed E-state index contributed by atoms with van der Waals surface area (Å²) in [5.41, 5.74) is 0. The van der Waals surface area contributed by atoms with Crippen molar-refractivity contribution in [2.45, 2.75) is 18.9 Å². The van der Waals surface area contributed by atoms with Gasteiger partial charge in [-0.3, -0.25) is 0 Å². The van der Waals surface area contributed by atoms with E-state index in [2.05, 4.69) is 22.4 Å². The van der Waals surface area contributed by atoms with Gasteiger partial charge < -0.3 is 13.3 Å². The minimum Gasteiger partial charge on any atom is -0.377 e. The van der Waals surface area contributed by atoms with Crippen LogP contribution in [0.15, 0.2) is 4.99 Å². The van der Waals surface area contributed by atoms with Crippen molar-refractivity contribution in [2.75, 3.05) is 27.9 Å². The second-order valence-electron chi connectivity index (χ2n) is 2.73. The molecule has 0 aromatic rings. The Morgan fingerprint density at radius 1 is 1.14 bits per heavy atom. The summed E-state index contributed by atoms with van der Waals surface area (Å²) in [6.45, 7) is 0.713. The summed E-state index contributed by atoms with van der Waals surface area (Å²) >= 11 is 4.46. The molecule has 82 valence electrons. The van der Waals surface area contributed by atoms with Crippen molar-refractivity contribution in [1.82, 2.24) is 0 Å². The van der Waals surface area contributed by atoms with Crippen molar-refractivity contribution in [3.8, 4) is 0 Å². The SMILES string of the molecule is CO[Si](CCCCN=C=S)(OC)OC. The monoisotopic (exact) mass is 235 g/mol. The van der Waals surface area contributed by atoms with E-state index in [1.54, 1.807) is 21.3 Å². The van der Waals surface area contributed by atoms with Gasteiger partial charge in [0.25, 0.3) is 0 Å². The number of thiocarbonyl (C=S) groups is 1. The standard InChI is InChI=1S/C8H17NO3SSi/c1-10-14(11-2,12-3)7-5-4-6-9-8-13/h4-7H2,1-3H3. The van der Waals surface area contributed by atoms with E-state index in [4.69, 9.17) is 13.3 Å². The molecule has 0 bridgehead atoms. The van der Waals surface area contributed by atoms with E-state index in [9.17, 15) is 0 Å². The highest BCUT2D eigenvalue weighted by Gasteiger charge is 2.36. The first-order valence-electron chi connectivity index (χ1n) is 4.43. The molecule has 0 N–H and O–H groups in total. The smallest absolute Gasteiger partial charge is 0.377 e. The Bertz CT molecular complexity index is 185. The van der Waals surface area contributed by atoms with E-state index >= 15 is 0 Å². The van der Waals surface area contributed by atoms with Crippen LogP contribution in [0.2, 0.25) is 6.04 Å². The largest absolute Gasteiger partial charge is 0.500 e. The third-order valence-electron chi connectivity index (χ3n) is 2.00. The zero-order valence-corrected chi connectivity index (χ0v) is 10.7. The van der Waals surface area contributed by atoms with Crippen LogP contribution in [0.3, 0.4) is 0 Å². The van der Waals surface area contributed by atoms with Crippen LogP contribution in [0.1, 0.15) is 12.8 Å². The first-order valence-corrected chi connectivity index (χ1v) is 6.77. The minimum atomic E-state index is -2.37. The molecule has 0 radical (unpaired) electrons. The normalized spacial score (nSPS) is 11.1. The summed E-state index contributed by atoms with van der Waals surface area (Å²) in [6.07, 6.45) is 1.91. The van der Waals surface area contributed by atoms with Gasteiger partial charge in [0, 0.05) is 33.9 Å². The number of unbranched alkanes of at least 4 members (excludes halogenated alkanes) is 1. The Morgan fingerprint density at radius 3 is 2.14 bits per heavy atom. The Labute approximate surface area is 91.6 Å². The average Bonchev–Trinajstić information content (AvgIpc) is 2.24. The summed E-state index contributed by atoms with van der Waals surface area (Å²) in [4.78, 5) is 3.83. The fourth-order valence-electron chi connectivity index (χ4n) is 1.13. The van der Waals surface area contributed by atoms with Crippen LogP contribution in [0.5, 0.6) is 0 Å². The van der Waals surface area contributed by atoms with Crippen LogP contribution in [-0.2, 0) is 13.3 Å². The molecule has 0 atom stereocenters. The predicted molar refractivity (Wildman–Crippen MR) is 60.7 cm³/mol. The van der Waals surface area contributed by atoms with Crippen LogP contribution in [0, 0.1) is 0 Å². The molecular formula is C8H17NO3SSi. The zero-order valence-electron chi connectivity index (χ0n) is 8.91. The van der Waals surface area contributed by atoms with E-state index in [1.807, 2.05) is 0 Å². The van der Waals surface area contributed by atoms with Crippen molar-refractivity contribution in [2.24, 2.45) is 4.99 Å². The molecule has 0 aromatic carbocycles. The molecule has 0 amide bonds. The second-order valence-corrected chi connectivity index (χ2v) is 6.00. The number of rotatable bonds is 8. The van der Waals surface area contributed by atoms with Gasteiger partial charge in [0.2, 0.25) is 0 Å². The molecular weight excluding hydrogens is 218 g/mol. The third kappa shape index (κ3) is 4.95. The average molecular weight is 235 g/mol. The third-order valence-corrected chi connectivity index (χ3v) is 4.96. The number of hydrogen-bond acceptors (Lipinski definition) is 5. The molecule has 0 saturated heterocycles. The number of hydrogen-bond donors (Lipinski definition) is 0. The lowest BCUT2D eigenvalue weighted by molar-refractivity contribution is 0.123. The highest BCUT2D eigenvalue weighted by atomic mass is 32.1. The molecule has 6 heteroatoms. The van der Waals surface area contributed by atoms with Gasteiger partial charge in [-0.1, -0.05) is 0 Å². The second kappa shape index (κ2) is 8.23. The fraction of sp³-hybridized carbons (Fsp3) is 0.875. The van der Waals surface area contributed by atoms with Crippen molar-refractivity contribution in [3.63, 3.8) is 0 Å². The van der Waals surface area contributed by atoms with Crippen LogP contribution in [0.25, 0.3) is 0 Å². The van der Waals surface area contributed by atoms with Crippen molar-refractivity contribution in [3.05, 3.63) is 0 Å². The maximum absolute atomic E-state index is 5.27. The van der Waals surface area contributed by atoms with Crippen LogP contribution >= 0.6 is 12.2 Å². The molecule has 0 aliphatic rings. The lowest BCUT2D eigenvalue weighted by Crippen LogP contribution is -2.42. The summed E-state index contributed by atoms with van der Waals surface area (Å²) in [7, 11) is 2.49. The molecule has 0 aromatic heterocycles. The Balaban J connectivity index is 3.76. The maximum Gasteiger partial charge on any atom is 0.500 e. The molecule has 0 aliphatic heterocycles. The van der Waals surface area contributed by atoms with Gasteiger partial charge in [-0.15, -0.1) is 0 Å². The molecule has 14 heavy (non-hydrogen) atoms. The van der Waals surface area contributed by atoms with Gasteiger partial charge in [-0.05, 0) is 25.1 Å². The summed E-state index contributed by atoms with van der Waals surface area (Å²) in [5, 5.41) is 2.33. The van der Waals surface area contributed by atoms with Crippen LogP contribution < -0.4 is 0 Å². The van der Waals surface area contributed by atoms with Gasteiger partial charge in [0.1, 0.15) is 0 Å². The van der Waals surface area contributed by atoms with Gasteiger partial charge in [-0.2, -0.15) is 0 Å². The molecule has 0 aliphatic carbocycles. The van der Waals surface area contributed by atoms with Gasteiger partial charge >= 0.3 is 8.80 Å². The van der Waals surface area contributed by atoms with E-state index in [-0.39, 0.29) is 0 Å². The highest BCUT2D eigenvalue weighted by Crippen LogP contribution is 2.15. The quantitative estimate of drug-likeness (QED) is 0.278. The Hall–Kier alpha value is -0.103. The molecule has 0 fully saturated rings. The summed E-state index contributed by atoms with van der Waals surface area (Å²) in [5.74, 6) is 0. The highest BCUT2D eigenvalue weighted by molar-refractivity contribution is 7.78. The van der Waals surface area contributed by atoms with Gasteiger partial charge in [0.05, 0.1) is 5.16 Å². The molecule has 0 saturated carbocycles. The molecule has 0 spiro atoms. The Kier molecular flexibility index (Phi) is 8.16. The van der Waals surface area contributed by atoms with E-state index in [0.29, 0.717) is 6.54 Å². The molecule has 4 nitrogen and oxygen atoms in total. The number of aliphatic imine (C=N–C) groups is 1. The van der Waals surface area contributed by atoms with Gasteiger partial charge in [-0.25, -0.2) is 4.99 Å². The topological polar surface area (TPSA) is 40.0 Å². The zero-order chi connectivity index (χ0) is 10.9. The molecule has 0 rings (SSSR count). The number of isothiocyanates is 1. The van der Waals surface area contributed by atoms with Crippen LogP contribution in [0.4, 0.5) is 0 Å². The first-order chi connectivity index (χ1) is 6.74. The van der Waals surface area contributed by atoms with E-state index in [0.717, 1.165) is 18.9 Å². The summed E-state index contributed by atoms with van der Waals surface area (Å²) < 4.78 is 15.8. The summed E-state index contributed by atoms with van der Waals surface area (Å²) in [6, 6.07) is 0.809. The van der Waals surface area contributed by atoms with E-state index in [1.165, 1.54) is 0 Å². The van der Waals surface area contributed by atoms with Crippen LogP contribution in [-0.4, -0.2) is 41.8 Å². The van der Waals surface area contributed by atoms with Crippen molar-refractivity contribution in [1.29, 1.82) is 0 Å². The minimum absolute atomic E-state index is 0.713. The first kappa shape index (κ1) is 13.9. The Morgan fingerprint density at radius 2 is 1.71 bits per heavy atom. The van der Waals surface area contributed by atoms with Crippen molar-refractivity contribution < 1.29 is 13.3 Å². The molecule has 0 heterocycles. The van der Waals surface area contributed by atoms with Crippen molar-refractivity contribution >= 4 is 26.2 Å². The molecule has 0 unspecified atom stereocenters. The predicted octanol–water partition coefficient (Wildman–Crippen LogP) is 1.75. The lowest BCUT2D eigenvalue weighted by atomic mass is 10.3. The fourth-order valence-corrected chi connectivity index (χ4v) is 3.02. The number of nitrogens with zero attached hydrogens (tertiary/aromatic N) is 1. The van der Waals surface area contributed by atoms with Gasteiger partial charge in [0.15, 0.2) is 0 Å². The maximum atomic E-state index is 5.27. The lowest BCUT2D eigenvalue weighted by Gasteiger charge is -2.23. The van der Waals surface area contributed by atoms with E-state index < -0.39 is 8.80 Å².